The maximum Gasteiger partial charge on any atom is 0.158 e. The van der Waals surface area contributed by atoms with Gasteiger partial charge in [0.1, 0.15) is 16.7 Å². The summed E-state index contributed by atoms with van der Waals surface area (Å²) in [4.78, 5) is 14.5. The summed E-state index contributed by atoms with van der Waals surface area (Å²) in [6, 6.07) is 2.78. The van der Waals surface area contributed by atoms with Crippen molar-refractivity contribution in [2.24, 2.45) is 5.41 Å². The van der Waals surface area contributed by atoms with Crippen LogP contribution >= 0.6 is 11.3 Å². The number of nitrogens with one attached hydrogen (secondary N) is 2. The molecule has 0 aliphatic heterocycles. The van der Waals surface area contributed by atoms with E-state index in [9.17, 15) is 5.11 Å². The van der Waals surface area contributed by atoms with E-state index in [1.807, 2.05) is 15.9 Å². The third-order valence-corrected chi connectivity index (χ3v) is 9.10. The van der Waals surface area contributed by atoms with Crippen LogP contribution in [0.4, 0.5) is 0 Å². The maximum atomic E-state index is 9.57. The van der Waals surface area contributed by atoms with Gasteiger partial charge in [-0.3, -0.25) is 0 Å². The van der Waals surface area contributed by atoms with Gasteiger partial charge in [-0.25, -0.2) is 14.5 Å². The quantitative estimate of drug-likeness (QED) is 0.342. The zero-order chi connectivity index (χ0) is 23.4. The number of aliphatic hydroxyl groups is 1. The summed E-state index contributed by atoms with van der Waals surface area (Å²) in [5.74, 6) is 0.917. The van der Waals surface area contributed by atoms with Crippen molar-refractivity contribution in [2.45, 2.75) is 77.2 Å². The molecule has 180 valence electrons. The largest absolute Gasteiger partial charge is 0.396 e. The summed E-state index contributed by atoms with van der Waals surface area (Å²) < 4.78 is 1.86. The second kappa shape index (κ2) is 8.43. The zero-order valence-corrected chi connectivity index (χ0v) is 21.1. The van der Waals surface area contributed by atoms with Crippen LogP contribution in [0.1, 0.15) is 80.3 Å². The lowest BCUT2D eigenvalue weighted by Gasteiger charge is -2.29. The first-order chi connectivity index (χ1) is 16.5. The molecule has 7 nitrogen and oxygen atoms in total. The van der Waals surface area contributed by atoms with Crippen LogP contribution in [0, 0.1) is 12.3 Å². The zero-order valence-electron chi connectivity index (χ0n) is 20.3. The highest BCUT2D eigenvalue weighted by Gasteiger charge is 2.42. The molecule has 8 heteroatoms. The van der Waals surface area contributed by atoms with Gasteiger partial charge in [0.05, 0.1) is 10.7 Å². The van der Waals surface area contributed by atoms with Gasteiger partial charge in [-0.05, 0) is 63.0 Å². The lowest BCUT2D eigenvalue weighted by Crippen LogP contribution is -2.37. The van der Waals surface area contributed by atoms with Gasteiger partial charge < -0.3 is 15.4 Å². The number of rotatable bonds is 7. The van der Waals surface area contributed by atoms with Crippen molar-refractivity contribution >= 4 is 27.3 Å². The third kappa shape index (κ3) is 3.85. The van der Waals surface area contributed by atoms with Crippen molar-refractivity contribution in [3.8, 4) is 11.3 Å². The molecule has 4 aromatic rings. The van der Waals surface area contributed by atoms with E-state index in [0.717, 1.165) is 34.5 Å². The van der Waals surface area contributed by atoms with Gasteiger partial charge >= 0.3 is 0 Å². The minimum atomic E-state index is 0.187. The molecular formula is C26H34N6OS. The van der Waals surface area contributed by atoms with Crippen molar-refractivity contribution in [1.29, 1.82) is 0 Å². The summed E-state index contributed by atoms with van der Waals surface area (Å²) >= 11 is 1.84. The Labute approximate surface area is 204 Å². The number of hydrogen-bond acceptors (Lipinski definition) is 6. The molecule has 0 radical (unpaired) electrons. The Hall–Kier alpha value is -2.29. The van der Waals surface area contributed by atoms with Crippen molar-refractivity contribution in [2.75, 3.05) is 13.2 Å². The number of aromatic amines is 1. The van der Waals surface area contributed by atoms with E-state index in [1.165, 1.54) is 53.9 Å². The van der Waals surface area contributed by atoms with Crippen molar-refractivity contribution in [1.82, 2.24) is 29.9 Å². The van der Waals surface area contributed by atoms with Gasteiger partial charge in [-0.1, -0.05) is 13.8 Å². The SMILES string of the molecule is Cc1cc(-c2[nH]c3sc(C4CCC(NCC5(CO)CC5)CC4)nc3c2C(C)C)cn2ncnc12. The topological polar surface area (TPSA) is 91.1 Å². The molecule has 4 aromatic heterocycles. The Morgan fingerprint density at radius 3 is 2.76 bits per heavy atom. The van der Waals surface area contributed by atoms with E-state index in [1.54, 1.807) is 6.33 Å². The predicted octanol–water partition coefficient (Wildman–Crippen LogP) is 5.15. The smallest absolute Gasteiger partial charge is 0.158 e. The van der Waals surface area contributed by atoms with Gasteiger partial charge in [-0.15, -0.1) is 11.3 Å². The summed E-state index contributed by atoms with van der Waals surface area (Å²) in [5.41, 5.74) is 6.93. The van der Waals surface area contributed by atoms with Gasteiger partial charge in [0.15, 0.2) is 5.65 Å². The van der Waals surface area contributed by atoms with Crippen molar-refractivity contribution in [3.05, 3.63) is 34.7 Å². The number of aromatic nitrogens is 5. The highest BCUT2D eigenvalue weighted by Crippen LogP contribution is 2.45. The molecule has 0 spiro atoms. The lowest BCUT2D eigenvalue weighted by molar-refractivity contribution is 0.198. The molecule has 34 heavy (non-hydrogen) atoms. The molecule has 0 amide bonds. The molecule has 2 fully saturated rings. The standard InChI is InChI=1S/C26H34N6OS/c1-15(2)20-21(18-10-16(3)23-28-14-29-32(23)11-18)30-25-22(20)31-24(34-25)17-4-6-19(7-5-17)27-12-26(13-33)8-9-26/h10-11,14-15,17,19,27,30,33H,4-9,12-13H2,1-3H3. The molecule has 0 atom stereocenters. The summed E-state index contributed by atoms with van der Waals surface area (Å²) in [7, 11) is 0. The number of hydrogen-bond donors (Lipinski definition) is 3. The fourth-order valence-corrected chi connectivity index (χ4v) is 6.72. The van der Waals surface area contributed by atoms with E-state index in [0.29, 0.717) is 24.5 Å². The van der Waals surface area contributed by atoms with Crippen molar-refractivity contribution < 1.29 is 5.11 Å². The molecule has 2 aliphatic rings. The number of H-pyrrole nitrogens is 1. The third-order valence-electron chi connectivity index (χ3n) is 7.97. The molecule has 0 bridgehead atoms. The highest BCUT2D eigenvalue weighted by molar-refractivity contribution is 7.18. The fourth-order valence-electron chi connectivity index (χ4n) is 5.57. The molecule has 2 aliphatic carbocycles. The monoisotopic (exact) mass is 478 g/mol. The molecule has 0 saturated heterocycles. The van der Waals surface area contributed by atoms with Crippen LogP contribution in [0.3, 0.4) is 0 Å². The molecule has 0 aromatic carbocycles. The number of aliphatic hydroxyl groups excluding tert-OH is 1. The normalized spacial score (nSPS) is 22.3. The first kappa shape index (κ1) is 22.2. The average molecular weight is 479 g/mol. The van der Waals surface area contributed by atoms with Crippen LogP contribution in [-0.4, -0.2) is 48.9 Å². The summed E-state index contributed by atoms with van der Waals surface area (Å²) in [6.07, 6.45) is 10.8. The van der Waals surface area contributed by atoms with Crippen LogP contribution in [0.15, 0.2) is 18.6 Å². The minimum Gasteiger partial charge on any atom is -0.396 e. The second-order valence-corrected chi connectivity index (χ2v) is 11.9. The van der Waals surface area contributed by atoms with Gasteiger partial charge in [0.2, 0.25) is 0 Å². The van der Waals surface area contributed by atoms with E-state index in [4.69, 9.17) is 4.98 Å². The predicted molar refractivity (Wildman–Crippen MR) is 137 cm³/mol. The number of thiazole rings is 1. The molecular weight excluding hydrogens is 444 g/mol. The van der Waals surface area contributed by atoms with Crippen LogP contribution in [0.5, 0.6) is 0 Å². The van der Waals surface area contributed by atoms with Crippen LogP contribution in [0.2, 0.25) is 0 Å². The number of aryl methyl sites for hydroxylation is 1. The highest BCUT2D eigenvalue weighted by atomic mass is 32.1. The molecule has 2 saturated carbocycles. The van der Waals surface area contributed by atoms with Gasteiger partial charge in [0.25, 0.3) is 0 Å². The Kier molecular flexibility index (Phi) is 5.50. The Bertz CT molecular complexity index is 1320. The van der Waals surface area contributed by atoms with Crippen LogP contribution in [-0.2, 0) is 0 Å². The Morgan fingerprint density at radius 1 is 1.26 bits per heavy atom. The lowest BCUT2D eigenvalue weighted by atomic mass is 9.86. The summed E-state index contributed by atoms with van der Waals surface area (Å²) in [5, 5.41) is 19.0. The van der Waals surface area contributed by atoms with E-state index in [-0.39, 0.29) is 5.41 Å². The van der Waals surface area contributed by atoms with Crippen molar-refractivity contribution in [3.63, 3.8) is 0 Å². The first-order valence-corrected chi connectivity index (χ1v) is 13.4. The van der Waals surface area contributed by atoms with Gasteiger partial charge in [-0.2, -0.15) is 5.10 Å². The Morgan fingerprint density at radius 2 is 2.06 bits per heavy atom. The van der Waals surface area contributed by atoms with Crippen LogP contribution in [0.25, 0.3) is 27.3 Å². The summed E-state index contributed by atoms with van der Waals surface area (Å²) in [6.45, 7) is 7.89. The maximum absolute atomic E-state index is 9.57. The molecule has 4 heterocycles. The second-order valence-electron chi connectivity index (χ2n) is 10.8. The number of fused-ring (bicyclic) bond motifs is 2. The molecule has 6 rings (SSSR count). The average Bonchev–Trinajstić information content (AvgIpc) is 3.13. The number of pyridine rings is 1. The molecule has 3 N–H and O–H groups in total. The van der Waals surface area contributed by atoms with E-state index in [2.05, 4.69) is 53.4 Å². The van der Waals surface area contributed by atoms with Crippen LogP contribution < -0.4 is 5.32 Å². The fraction of sp³-hybridized carbons (Fsp3) is 0.577. The van der Waals surface area contributed by atoms with Gasteiger partial charge in [0, 0.05) is 47.9 Å². The number of nitrogens with zero attached hydrogens (tertiary/aromatic N) is 4. The molecule has 0 unspecified atom stereocenters. The minimum absolute atomic E-state index is 0.187. The van der Waals surface area contributed by atoms with E-state index < -0.39 is 0 Å². The first-order valence-electron chi connectivity index (χ1n) is 12.6. The van der Waals surface area contributed by atoms with E-state index >= 15 is 0 Å². The Balaban J connectivity index is 1.23.